The Morgan fingerprint density at radius 3 is 2.52 bits per heavy atom. The summed E-state index contributed by atoms with van der Waals surface area (Å²) in [6, 6.07) is 13.3. The van der Waals surface area contributed by atoms with Crippen molar-refractivity contribution in [3.8, 4) is 23.0 Å². The number of phenolic OH excluding ortho intramolecular Hbond substituents is 1. The van der Waals surface area contributed by atoms with Crippen molar-refractivity contribution >= 4 is 5.97 Å². The molecule has 1 aromatic heterocycles. The fourth-order valence-electron chi connectivity index (χ4n) is 2.17. The summed E-state index contributed by atoms with van der Waals surface area (Å²) >= 11 is 0. The lowest BCUT2D eigenvalue weighted by molar-refractivity contribution is 0.0277. The number of aromatic nitrogens is 2. The molecular formula is C18H16N2O5. The fraction of sp³-hybridized carbons (Fsp3) is 0.167. The molecule has 1 atom stereocenters. The molecular weight excluding hydrogens is 324 g/mol. The fourth-order valence-corrected chi connectivity index (χ4v) is 2.17. The number of hydrogen-bond donors (Lipinski definition) is 1. The second kappa shape index (κ2) is 7.04. The van der Waals surface area contributed by atoms with Crippen LogP contribution in [0, 0.1) is 0 Å². The number of para-hydroxylation sites is 1. The third kappa shape index (κ3) is 3.60. The number of methoxy groups -OCH3 is 1. The second-order valence-corrected chi connectivity index (χ2v) is 5.24. The van der Waals surface area contributed by atoms with Gasteiger partial charge in [-0.15, -0.1) is 10.2 Å². The average molecular weight is 340 g/mol. The molecule has 0 bridgehead atoms. The third-order valence-electron chi connectivity index (χ3n) is 3.53. The summed E-state index contributed by atoms with van der Waals surface area (Å²) in [6.07, 6.45) is -0.758. The van der Waals surface area contributed by atoms with E-state index in [2.05, 4.69) is 10.2 Å². The van der Waals surface area contributed by atoms with E-state index < -0.39 is 12.1 Å². The van der Waals surface area contributed by atoms with Crippen LogP contribution in [-0.4, -0.2) is 28.4 Å². The van der Waals surface area contributed by atoms with Crippen LogP contribution in [0.3, 0.4) is 0 Å². The molecule has 0 saturated heterocycles. The molecule has 0 aliphatic rings. The van der Waals surface area contributed by atoms with Gasteiger partial charge < -0.3 is 19.0 Å². The number of ether oxygens (including phenoxy) is 2. The van der Waals surface area contributed by atoms with E-state index in [0.29, 0.717) is 11.6 Å². The van der Waals surface area contributed by atoms with E-state index in [1.807, 2.05) is 0 Å². The first kappa shape index (κ1) is 16.5. The van der Waals surface area contributed by atoms with Crippen molar-refractivity contribution in [2.24, 2.45) is 0 Å². The van der Waals surface area contributed by atoms with Crippen LogP contribution in [0.5, 0.6) is 11.5 Å². The van der Waals surface area contributed by atoms with Gasteiger partial charge in [-0.05, 0) is 43.3 Å². The number of carbonyl (C=O) groups is 1. The molecule has 1 heterocycles. The molecule has 1 unspecified atom stereocenters. The molecule has 0 fully saturated rings. The minimum Gasteiger partial charge on any atom is -0.507 e. The maximum atomic E-state index is 12.1. The standard InChI is InChI=1S/C18H16N2O5/c1-11(24-18(22)14-5-3-4-6-15(14)21)16-19-20-17(25-16)12-7-9-13(23-2)10-8-12/h3-11,21H,1-2H3. The van der Waals surface area contributed by atoms with Crippen molar-refractivity contribution in [2.75, 3.05) is 7.11 Å². The Kier molecular flexibility index (Phi) is 4.65. The zero-order chi connectivity index (χ0) is 17.8. The van der Waals surface area contributed by atoms with Crippen molar-refractivity contribution < 1.29 is 23.8 Å². The van der Waals surface area contributed by atoms with Crippen LogP contribution in [0.4, 0.5) is 0 Å². The second-order valence-electron chi connectivity index (χ2n) is 5.24. The van der Waals surface area contributed by atoms with Crippen LogP contribution in [0.2, 0.25) is 0 Å². The maximum absolute atomic E-state index is 12.1. The Hall–Kier alpha value is -3.35. The first-order valence-electron chi connectivity index (χ1n) is 7.55. The molecule has 3 aromatic rings. The van der Waals surface area contributed by atoms with Gasteiger partial charge in [0.15, 0.2) is 6.10 Å². The number of phenols is 1. The minimum atomic E-state index is -0.758. The van der Waals surface area contributed by atoms with Crippen LogP contribution >= 0.6 is 0 Å². The smallest absolute Gasteiger partial charge is 0.342 e. The largest absolute Gasteiger partial charge is 0.507 e. The summed E-state index contributed by atoms with van der Waals surface area (Å²) in [6.45, 7) is 1.61. The quantitative estimate of drug-likeness (QED) is 0.711. The Bertz CT molecular complexity index is 873. The van der Waals surface area contributed by atoms with Gasteiger partial charge in [-0.25, -0.2) is 4.79 Å². The molecule has 1 N–H and O–H groups in total. The molecule has 0 spiro atoms. The molecule has 128 valence electrons. The van der Waals surface area contributed by atoms with Crippen molar-refractivity contribution in [3.05, 3.63) is 60.0 Å². The van der Waals surface area contributed by atoms with E-state index >= 15 is 0 Å². The SMILES string of the molecule is COc1ccc(-c2nnc(C(C)OC(=O)c3ccccc3O)o2)cc1. The van der Waals surface area contributed by atoms with Crippen molar-refractivity contribution in [1.29, 1.82) is 0 Å². The summed E-state index contributed by atoms with van der Waals surface area (Å²) < 4.78 is 15.9. The highest BCUT2D eigenvalue weighted by Gasteiger charge is 2.21. The molecule has 7 heteroatoms. The first-order valence-corrected chi connectivity index (χ1v) is 7.55. The molecule has 0 amide bonds. The minimum absolute atomic E-state index is 0.0734. The summed E-state index contributed by atoms with van der Waals surface area (Å²) in [5, 5.41) is 17.6. The van der Waals surface area contributed by atoms with E-state index in [1.54, 1.807) is 50.4 Å². The molecule has 3 rings (SSSR count). The maximum Gasteiger partial charge on any atom is 0.342 e. The summed E-state index contributed by atoms with van der Waals surface area (Å²) in [5.74, 6) is 0.366. The Labute approximate surface area is 143 Å². The normalized spacial score (nSPS) is 11.8. The predicted molar refractivity (Wildman–Crippen MR) is 88.2 cm³/mol. The molecule has 2 aromatic carbocycles. The lowest BCUT2D eigenvalue weighted by Gasteiger charge is -2.10. The van der Waals surface area contributed by atoms with Gasteiger partial charge in [0.1, 0.15) is 17.1 Å². The van der Waals surface area contributed by atoms with Gasteiger partial charge in [-0.2, -0.15) is 0 Å². The predicted octanol–water partition coefficient (Wildman–Crippen LogP) is 3.37. The number of carbonyl (C=O) groups excluding carboxylic acids is 1. The molecule has 25 heavy (non-hydrogen) atoms. The van der Waals surface area contributed by atoms with E-state index in [1.165, 1.54) is 12.1 Å². The van der Waals surface area contributed by atoms with E-state index in [-0.39, 0.29) is 17.2 Å². The third-order valence-corrected chi connectivity index (χ3v) is 3.53. The van der Waals surface area contributed by atoms with Gasteiger partial charge in [-0.1, -0.05) is 12.1 Å². The number of benzene rings is 2. The Balaban J connectivity index is 1.73. The summed E-state index contributed by atoms with van der Waals surface area (Å²) in [4.78, 5) is 12.1. The zero-order valence-corrected chi connectivity index (χ0v) is 13.7. The van der Waals surface area contributed by atoms with Crippen LogP contribution in [0.25, 0.3) is 11.5 Å². The van der Waals surface area contributed by atoms with Crippen LogP contribution in [0.1, 0.15) is 29.3 Å². The molecule has 0 saturated carbocycles. The zero-order valence-electron chi connectivity index (χ0n) is 13.7. The molecule has 7 nitrogen and oxygen atoms in total. The van der Waals surface area contributed by atoms with Gasteiger partial charge in [0.05, 0.1) is 7.11 Å². The molecule has 0 aliphatic heterocycles. The number of rotatable bonds is 5. The first-order chi connectivity index (χ1) is 12.1. The van der Waals surface area contributed by atoms with Gasteiger partial charge in [0.2, 0.25) is 5.89 Å². The highest BCUT2D eigenvalue weighted by molar-refractivity contribution is 5.92. The van der Waals surface area contributed by atoms with E-state index in [4.69, 9.17) is 13.9 Å². The van der Waals surface area contributed by atoms with Gasteiger partial charge in [0, 0.05) is 5.56 Å². The lowest BCUT2D eigenvalue weighted by Crippen LogP contribution is -2.09. The number of esters is 1. The highest BCUT2D eigenvalue weighted by Crippen LogP contribution is 2.25. The van der Waals surface area contributed by atoms with Gasteiger partial charge >= 0.3 is 5.97 Å². The molecule has 0 radical (unpaired) electrons. The summed E-state index contributed by atoms with van der Waals surface area (Å²) in [5.41, 5.74) is 0.794. The van der Waals surface area contributed by atoms with Crippen molar-refractivity contribution in [1.82, 2.24) is 10.2 Å². The summed E-state index contributed by atoms with van der Waals surface area (Å²) in [7, 11) is 1.58. The lowest BCUT2D eigenvalue weighted by atomic mass is 10.2. The van der Waals surface area contributed by atoms with Crippen molar-refractivity contribution in [2.45, 2.75) is 13.0 Å². The van der Waals surface area contributed by atoms with Crippen LogP contribution < -0.4 is 4.74 Å². The number of hydrogen-bond acceptors (Lipinski definition) is 7. The number of nitrogens with zero attached hydrogens (tertiary/aromatic N) is 2. The monoisotopic (exact) mass is 340 g/mol. The Morgan fingerprint density at radius 1 is 1.12 bits per heavy atom. The average Bonchev–Trinajstić information content (AvgIpc) is 3.12. The van der Waals surface area contributed by atoms with Crippen LogP contribution in [-0.2, 0) is 4.74 Å². The molecule has 0 aliphatic carbocycles. The number of aromatic hydroxyl groups is 1. The van der Waals surface area contributed by atoms with E-state index in [0.717, 1.165) is 5.56 Å². The van der Waals surface area contributed by atoms with Gasteiger partial charge in [-0.3, -0.25) is 0 Å². The van der Waals surface area contributed by atoms with Gasteiger partial charge in [0.25, 0.3) is 5.89 Å². The van der Waals surface area contributed by atoms with E-state index in [9.17, 15) is 9.90 Å². The van der Waals surface area contributed by atoms with Crippen LogP contribution in [0.15, 0.2) is 52.9 Å². The van der Waals surface area contributed by atoms with Crippen molar-refractivity contribution in [3.63, 3.8) is 0 Å². The Morgan fingerprint density at radius 2 is 1.84 bits per heavy atom. The topological polar surface area (TPSA) is 94.7 Å². The highest BCUT2D eigenvalue weighted by atomic mass is 16.6.